The summed E-state index contributed by atoms with van der Waals surface area (Å²) in [6.07, 6.45) is 9.51. The zero-order chi connectivity index (χ0) is 14.9. The van der Waals surface area contributed by atoms with Crippen LogP contribution in [0, 0.1) is 16.7 Å². The molecular formula is C16H23BrN4. The van der Waals surface area contributed by atoms with Gasteiger partial charge in [-0.05, 0) is 71.2 Å². The van der Waals surface area contributed by atoms with Gasteiger partial charge in [-0.2, -0.15) is 0 Å². The summed E-state index contributed by atoms with van der Waals surface area (Å²) < 4.78 is 0.802. The predicted octanol–water partition coefficient (Wildman–Crippen LogP) is 3.98. The summed E-state index contributed by atoms with van der Waals surface area (Å²) in [5.74, 6) is 2.23. The smallest absolute Gasteiger partial charge is 0.146 e. The first kappa shape index (κ1) is 13.8. The van der Waals surface area contributed by atoms with Crippen LogP contribution in [0.15, 0.2) is 10.8 Å². The first-order chi connectivity index (χ1) is 9.81. The fourth-order valence-electron chi connectivity index (χ4n) is 6.31. The van der Waals surface area contributed by atoms with E-state index in [1.807, 2.05) is 0 Å². The van der Waals surface area contributed by atoms with Crippen molar-refractivity contribution in [1.82, 2.24) is 9.97 Å². The van der Waals surface area contributed by atoms with Gasteiger partial charge in [0.05, 0.1) is 0 Å². The molecule has 4 bridgehead atoms. The van der Waals surface area contributed by atoms with Crippen molar-refractivity contribution in [2.24, 2.45) is 16.7 Å². The highest BCUT2D eigenvalue weighted by Crippen LogP contribution is 2.66. The largest absolute Gasteiger partial charge is 0.383 e. The van der Waals surface area contributed by atoms with Gasteiger partial charge in [-0.25, -0.2) is 9.97 Å². The summed E-state index contributed by atoms with van der Waals surface area (Å²) in [6.45, 7) is 4.96. The van der Waals surface area contributed by atoms with Crippen LogP contribution in [0.2, 0.25) is 0 Å². The van der Waals surface area contributed by atoms with Crippen molar-refractivity contribution in [1.29, 1.82) is 0 Å². The summed E-state index contributed by atoms with van der Waals surface area (Å²) in [4.78, 5) is 8.45. The first-order valence-corrected chi connectivity index (χ1v) is 8.64. The van der Waals surface area contributed by atoms with Gasteiger partial charge in [0.2, 0.25) is 0 Å². The number of hydrogen-bond donors (Lipinski definition) is 2. The van der Waals surface area contributed by atoms with Crippen molar-refractivity contribution in [2.45, 2.75) is 57.9 Å². The third-order valence-corrected chi connectivity index (χ3v) is 6.61. The Morgan fingerprint density at radius 3 is 2.43 bits per heavy atom. The molecule has 2 atom stereocenters. The molecule has 1 heterocycles. The minimum atomic E-state index is 0.187. The average Bonchev–Trinajstić information content (AvgIpc) is 2.30. The SMILES string of the molecule is CC12CC3CC(C)(C1)CC(Nc1ncnc(N)c1Br)(C3)C2. The Kier molecular flexibility index (Phi) is 2.71. The maximum absolute atomic E-state index is 5.90. The fourth-order valence-corrected chi connectivity index (χ4v) is 6.61. The lowest BCUT2D eigenvalue weighted by Crippen LogP contribution is -2.61. The summed E-state index contributed by atoms with van der Waals surface area (Å²) in [5, 5.41) is 3.77. The van der Waals surface area contributed by atoms with Gasteiger partial charge in [0, 0.05) is 5.54 Å². The molecule has 0 aromatic carbocycles. The molecule has 4 fully saturated rings. The molecule has 5 rings (SSSR count). The Morgan fingerprint density at radius 2 is 1.81 bits per heavy atom. The summed E-state index contributed by atoms with van der Waals surface area (Å²) in [6, 6.07) is 0. The molecule has 3 N–H and O–H groups in total. The van der Waals surface area contributed by atoms with E-state index in [-0.39, 0.29) is 5.54 Å². The highest BCUT2D eigenvalue weighted by atomic mass is 79.9. The lowest BCUT2D eigenvalue weighted by molar-refractivity contribution is -0.0974. The van der Waals surface area contributed by atoms with Crippen molar-refractivity contribution in [3.8, 4) is 0 Å². The molecule has 4 nitrogen and oxygen atoms in total. The first-order valence-electron chi connectivity index (χ1n) is 7.85. The van der Waals surface area contributed by atoms with E-state index in [0.717, 1.165) is 16.2 Å². The second-order valence-electron chi connectivity index (χ2n) is 8.46. The molecule has 5 heteroatoms. The fraction of sp³-hybridized carbons (Fsp3) is 0.750. The summed E-state index contributed by atoms with van der Waals surface area (Å²) in [5.41, 5.74) is 7.07. The zero-order valence-electron chi connectivity index (χ0n) is 12.7. The van der Waals surface area contributed by atoms with Gasteiger partial charge in [-0.15, -0.1) is 0 Å². The number of aromatic nitrogens is 2. The van der Waals surface area contributed by atoms with Gasteiger partial charge in [0.1, 0.15) is 22.4 Å². The molecule has 0 aliphatic heterocycles. The Hall–Kier alpha value is -0.840. The Bertz CT molecular complexity index is 584. The summed E-state index contributed by atoms with van der Waals surface area (Å²) in [7, 11) is 0. The van der Waals surface area contributed by atoms with E-state index in [1.165, 1.54) is 38.5 Å². The minimum Gasteiger partial charge on any atom is -0.383 e. The van der Waals surface area contributed by atoms with E-state index in [4.69, 9.17) is 5.73 Å². The van der Waals surface area contributed by atoms with Crippen LogP contribution >= 0.6 is 15.9 Å². The van der Waals surface area contributed by atoms with Gasteiger partial charge in [-0.1, -0.05) is 13.8 Å². The molecule has 0 amide bonds. The quantitative estimate of drug-likeness (QED) is 0.846. The van der Waals surface area contributed by atoms with E-state index in [0.29, 0.717) is 16.6 Å². The Labute approximate surface area is 134 Å². The summed E-state index contributed by atoms with van der Waals surface area (Å²) >= 11 is 3.53. The number of nitrogens with one attached hydrogen (secondary N) is 1. The normalized spacial score (nSPS) is 44.0. The molecule has 1 aromatic heterocycles. The Morgan fingerprint density at radius 1 is 1.14 bits per heavy atom. The Balaban J connectivity index is 1.70. The monoisotopic (exact) mass is 350 g/mol. The standard InChI is InChI=1S/C16H23BrN4/c1-14-3-10-4-15(2,6-14)8-16(5-10,7-14)21-13-11(17)12(18)19-9-20-13/h9-10H,3-8H2,1-2H3,(H3,18,19,20,21). The van der Waals surface area contributed by atoms with E-state index in [2.05, 4.69) is 45.1 Å². The number of anilines is 2. The molecule has 4 aliphatic carbocycles. The maximum atomic E-state index is 5.90. The van der Waals surface area contributed by atoms with E-state index < -0.39 is 0 Å². The lowest BCUT2D eigenvalue weighted by atomic mass is 9.43. The van der Waals surface area contributed by atoms with Crippen LogP contribution in [0.25, 0.3) is 0 Å². The molecular weight excluding hydrogens is 328 g/mol. The molecule has 21 heavy (non-hydrogen) atoms. The van der Waals surface area contributed by atoms with Crippen LogP contribution in [0.4, 0.5) is 11.6 Å². The van der Waals surface area contributed by atoms with E-state index in [1.54, 1.807) is 6.33 Å². The minimum absolute atomic E-state index is 0.187. The average molecular weight is 351 g/mol. The second kappa shape index (κ2) is 4.12. The molecule has 4 saturated carbocycles. The van der Waals surface area contributed by atoms with Crippen molar-refractivity contribution in [3.63, 3.8) is 0 Å². The highest BCUT2D eigenvalue weighted by molar-refractivity contribution is 9.10. The molecule has 0 saturated heterocycles. The van der Waals surface area contributed by atoms with Gasteiger partial charge in [0.15, 0.2) is 0 Å². The van der Waals surface area contributed by atoms with Crippen LogP contribution < -0.4 is 11.1 Å². The van der Waals surface area contributed by atoms with Crippen molar-refractivity contribution in [3.05, 3.63) is 10.8 Å². The molecule has 0 radical (unpaired) electrons. The van der Waals surface area contributed by atoms with Crippen LogP contribution in [0.1, 0.15) is 52.4 Å². The molecule has 114 valence electrons. The molecule has 1 aromatic rings. The maximum Gasteiger partial charge on any atom is 0.146 e. The van der Waals surface area contributed by atoms with Crippen LogP contribution in [0.3, 0.4) is 0 Å². The predicted molar refractivity (Wildman–Crippen MR) is 87.9 cm³/mol. The van der Waals surface area contributed by atoms with Gasteiger partial charge in [-0.3, -0.25) is 0 Å². The zero-order valence-corrected chi connectivity index (χ0v) is 14.3. The number of hydrogen-bond acceptors (Lipinski definition) is 4. The third-order valence-electron chi connectivity index (χ3n) is 5.83. The highest BCUT2D eigenvalue weighted by Gasteiger charge is 2.60. The number of nitrogens with zero attached hydrogens (tertiary/aromatic N) is 2. The van der Waals surface area contributed by atoms with Crippen LogP contribution in [-0.2, 0) is 0 Å². The second-order valence-corrected chi connectivity index (χ2v) is 9.25. The van der Waals surface area contributed by atoms with Gasteiger partial charge < -0.3 is 11.1 Å². The lowest BCUT2D eigenvalue weighted by Gasteiger charge is -2.65. The molecule has 2 unspecified atom stereocenters. The van der Waals surface area contributed by atoms with E-state index >= 15 is 0 Å². The third kappa shape index (κ3) is 2.16. The number of nitrogens with two attached hydrogens (primary N) is 1. The molecule has 4 aliphatic rings. The number of halogens is 1. The van der Waals surface area contributed by atoms with E-state index in [9.17, 15) is 0 Å². The van der Waals surface area contributed by atoms with Crippen molar-refractivity contribution >= 4 is 27.6 Å². The van der Waals surface area contributed by atoms with Gasteiger partial charge in [0.25, 0.3) is 0 Å². The number of nitrogen functional groups attached to an aromatic ring is 1. The van der Waals surface area contributed by atoms with Crippen LogP contribution in [0.5, 0.6) is 0 Å². The van der Waals surface area contributed by atoms with Crippen molar-refractivity contribution < 1.29 is 0 Å². The topological polar surface area (TPSA) is 63.8 Å². The van der Waals surface area contributed by atoms with Crippen molar-refractivity contribution in [2.75, 3.05) is 11.1 Å². The van der Waals surface area contributed by atoms with Gasteiger partial charge >= 0.3 is 0 Å². The number of rotatable bonds is 2. The molecule has 0 spiro atoms. The van der Waals surface area contributed by atoms with Crippen LogP contribution in [-0.4, -0.2) is 15.5 Å².